The zero-order chi connectivity index (χ0) is 27.9. The molecule has 5 nitrogen and oxygen atoms in total. The minimum atomic E-state index is -0.581. The van der Waals surface area contributed by atoms with E-state index >= 15 is 4.39 Å². The van der Waals surface area contributed by atoms with Gasteiger partial charge in [0, 0.05) is 23.3 Å². The van der Waals surface area contributed by atoms with Gasteiger partial charge in [-0.15, -0.1) is 0 Å². The molecular weight excluding hydrogens is 509 g/mol. The van der Waals surface area contributed by atoms with Crippen molar-refractivity contribution in [2.45, 2.75) is 52.0 Å². The van der Waals surface area contributed by atoms with Crippen molar-refractivity contribution in [3.63, 3.8) is 0 Å². The first kappa shape index (κ1) is 26.8. The molecule has 3 aromatic rings. The average Bonchev–Trinajstić information content (AvgIpc) is 2.90. The van der Waals surface area contributed by atoms with E-state index in [-0.39, 0.29) is 27.7 Å². The van der Waals surface area contributed by atoms with Crippen molar-refractivity contribution >= 4 is 52.3 Å². The van der Waals surface area contributed by atoms with Crippen LogP contribution >= 0.6 is 12.2 Å². The number of fused-ring (bicyclic) bond motifs is 1. The van der Waals surface area contributed by atoms with E-state index in [1.54, 1.807) is 60.7 Å². The summed E-state index contributed by atoms with van der Waals surface area (Å²) < 4.78 is 15.7. The Morgan fingerprint density at radius 3 is 2.00 bits per heavy atom. The van der Waals surface area contributed by atoms with Crippen LogP contribution in [0.3, 0.4) is 0 Å². The maximum atomic E-state index is 15.7. The fraction of sp³-hybridized carbons (Fsp3) is 0.281. The average molecular weight is 542 g/mol. The molecule has 0 radical (unpaired) electrons. The first-order chi connectivity index (χ1) is 18.6. The Balaban J connectivity index is 1.65. The van der Waals surface area contributed by atoms with Crippen molar-refractivity contribution in [1.29, 1.82) is 0 Å². The lowest BCUT2D eigenvalue weighted by Gasteiger charge is -2.47. The summed E-state index contributed by atoms with van der Waals surface area (Å²) in [5.74, 6) is -1.45. The van der Waals surface area contributed by atoms with Gasteiger partial charge in [0.25, 0.3) is 11.8 Å². The fourth-order valence-corrected chi connectivity index (χ4v) is 6.15. The molecule has 0 aromatic heterocycles. The largest absolute Gasteiger partial charge is 0.366 e. The Hall–Kier alpha value is -3.84. The summed E-state index contributed by atoms with van der Waals surface area (Å²) in [4.78, 5) is 32.5. The fourth-order valence-electron chi connectivity index (χ4n) is 5.77. The van der Waals surface area contributed by atoms with Gasteiger partial charge in [-0.1, -0.05) is 50.2 Å². The number of halogens is 1. The second-order valence-corrected chi connectivity index (χ2v) is 11.2. The molecule has 0 bridgehead atoms. The number of hydrogen-bond donors (Lipinski definition) is 0. The molecule has 0 spiro atoms. The van der Waals surface area contributed by atoms with Crippen LogP contribution in [0.2, 0.25) is 0 Å². The second kappa shape index (κ2) is 10.4. The smallest absolute Gasteiger partial charge is 0.270 e. The molecule has 1 atom stereocenters. The van der Waals surface area contributed by atoms with E-state index in [2.05, 4.69) is 32.6 Å². The van der Waals surface area contributed by atoms with Crippen LogP contribution in [0.1, 0.15) is 57.6 Å². The maximum Gasteiger partial charge on any atom is 0.270 e. The van der Waals surface area contributed by atoms with Crippen molar-refractivity contribution in [2.75, 3.05) is 21.2 Å². The topological polar surface area (TPSA) is 43.9 Å². The highest BCUT2D eigenvalue weighted by molar-refractivity contribution is 7.81. The van der Waals surface area contributed by atoms with Gasteiger partial charge >= 0.3 is 0 Å². The number of nitrogens with zero attached hydrogens (tertiary/aromatic N) is 3. The minimum Gasteiger partial charge on any atom is -0.366 e. The zero-order valence-electron chi connectivity index (χ0n) is 22.6. The van der Waals surface area contributed by atoms with Gasteiger partial charge in [-0.25, -0.2) is 4.39 Å². The number of amides is 2. The molecule has 2 aliphatic rings. The number of para-hydroxylation sites is 2. The molecule has 0 N–H and O–H groups in total. The normalized spacial score (nSPS) is 18.9. The van der Waals surface area contributed by atoms with Gasteiger partial charge in [0.15, 0.2) is 5.11 Å². The molecular formula is C32H32FN3O2S. The molecule has 1 fully saturated rings. The van der Waals surface area contributed by atoms with Crippen molar-refractivity contribution in [3.8, 4) is 0 Å². The molecule has 39 heavy (non-hydrogen) atoms. The van der Waals surface area contributed by atoms with Gasteiger partial charge in [0.05, 0.1) is 11.4 Å². The van der Waals surface area contributed by atoms with Crippen LogP contribution in [0, 0.1) is 5.82 Å². The van der Waals surface area contributed by atoms with Crippen molar-refractivity contribution in [1.82, 2.24) is 0 Å². The Morgan fingerprint density at radius 2 is 1.49 bits per heavy atom. The third-order valence-electron chi connectivity index (χ3n) is 7.53. The quantitative estimate of drug-likeness (QED) is 0.197. The SMILES string of the molecule is CCCN1c2cc(F)c(C=C3C(=O)N(c4ccccc4)C(=S)N(c4ccccc4)C3=O)cc2C(C)CC1(C)C. The number of carbonyl (C=O) groups is 2. The van der Waals surface area contributed by atoms with Crippen LogP contribution in [-0.2, 0) is 9.59 Å². The summed E-state index contributed by atoms with van der Waals surface area (Å²) in [6, 6.07) is 21.2. The van der Waals surface area contributed by atoms with E-state index in [1.807, 2.05) is 12.1 Å². The third-order valence-corrected chi connectivity index (χ3v) is 7.89. The van der Waals surface area contributed by atoms with Gasteiger partial charge in [-0.05, 0) is 92.9 Å². The van der Waals surface area contributed by atoms with Crippen LogP contribution in [0.15, 0.2) is 78.4 Å². The predicted molar refractivity (Wildman–Crippen MR) is 160 cm³/mol. The Bertz CT molecular complexity index is 1410. The van der Waals surface area contributed by atoms with Gasteiger partial charge in [0.1, 0.15) is 11.4 Å². The van der Waals surface area contributed by atoms with Crippen LogP contribution < -0.4 is 14.7 Å². The number of rotatable bonds is 5. The molecule has 7 heteroatoms. The molecule has 0 saturated carbocycles. The highest BCUT2D eigenvalue weighted by Crippen LogP contribution is 2.44. The van der Waals surface area contributed by atoms with Gasteiger partial charge in [0.2, 0.25) is 0 Å². The summed E-state index contributed by atoms with van der Waals surface area (Å²) in [5.41, 5.74) is 2.91. The summed E-state index contributed by atoms with van der Waals surface area (Å²) in [5, 5.41) is 0.0523. The first-order valence-corrected chi connectivity index (χ1v) is 13.7. The lowest BCUT2D eigenvalue weighted by molar-refractivity contribution is -0.120. The van der Waals surface area contributed by atoms with E-state index in [0.717, 1.165) is 30.6 Å². The highest BCUT2D eigenvalue weighted by atomic mass is 32.1. The van der Waals surface area contributed by atoms with Crippen LogP contribution in [-0.4, -0.2) is 29.0 Å². The number of hydrogen-bond acceptors (Lipinski definition) is 4. The van der Waals surface area contributed by atoms with Crippen molar-refractivity contribution in [3.05, 3.63) is 95.3 Å². The second-order valence-electron chi connectivity index (χ2n) is 10.8. The van der Waals surface area contributed by atoms with E-state index < -0.39 is 17.6 Å². The molecule has 1 saturated heterocycles. The van der Waals surface area contributed by atoms with E-state index in [4.69, 9.17) is 12.2 Å². The van der Waals surface area contributed by atoms with Crippen molar-refractivity contribution < 1.29 is 14.0 Å². The van der Waals surface area contributed by atoms with Crippen LogP contribution in [0.25, 0.3) is 6.08 Å². The summed E-state index contributed by atoms with van der Waals surface area (Å²) >= 11 is 5.67. The van der Waals surface area contributed by atoms with Gasteiger partial charge in [-0.2, -0.15) is 0 Å². The number of carbonyl (C=O) groups excluding carboxylic acids is 2. The Morgan fingerprint density at radius 1 is 0.949 bits per heavy atom. The van der Waals surface area contributed by atoms with Crippen LogP contribution in [0.5, 0.6) is 0 Å². The van der Waals surface area contributed by atoms with E-state index in [1.165, 1.54) is 15.9 Å². The minimum absolute atomic E-state index is 0.0523. The predicted octanol–water partition coefficient (Wildman–Crippen LogP) is 7.08. The standard InChI is InChI=1S/C32H32FN3O2S/c1-5-16-34-28-19-27(33)22(17-25(28)21(2)20-32(34,3)4)18-26-29(37)35(23-12-8-6-9-13-23)31(39)36(30(26)38)24-14-10-7-11-15-24/h6-15,17-19,21H,5,16,20H2,1-4H3. The summed E-state index contributed by atoms with van der Waals surface area (Å²) in [6.07, 6.45) is 3.24. The number of benzene rings is 3. The van der Waals surface area contributed by atoms with Crippen LogP contribution in [0.4, 0.5) is 21.5 Å². The molecule has 1 unspecified atom stereocenters. The molecule has 2 amide bonds. The van der Waals surface area contributed by atoms with E-state index in [9.17, 15) is 9.59 Å². The van der Waals surface area contributed by atoms with Crippen molar-refractivity contribution in [2.24, 2.45) is 0 Å². The Kier molecular flexibility index (Phi) is 7.12. The zero-order valence-corrected chi connectivity index (χ0v) is 23.5. The number of anilines is 3. The first-order valence-electron chi connectivity index (χ1n) is 13.3. The highest BCUT2D eigenvalue weighted by Gasteiger charge is 2.42. The summed E-state index contributed by atoms with van der Waals surface area (Å²) in [6.45, 7) is 9.45. The van der Waals surface area contributed by atoms with E-state index in [0.29, 0.717) is 11.4 Å². The molecule has 3 aromatic carbocycles. The lowest BCUT2D eigenvalue weighted by atomic mass is 9.79. The molecule has 5 rings (SSSR count). The molecule has 2 heterocycles. The molecule has 2 aliphatic heterocycles. The summed E-state index contributed by atoms with van der Waals surface area (Å²) in [7, 11) is 0. The molecule has 0 aliphatic carbocycles. The van der Waals surface area contributed by atoms with Gasteiger partial charge < -0.3 is 4.90 Å². The third kappa shape index (κ3) is 4.76. The number of thiocarbonyl (C=S) groups is 1. The monoisotopic (exact) mass is 541 g/mol. The maximum absolute atomic E-state index is 15.7. The van der Waals surface area contributed by atoms with Gasteiger partial charge in [-0.3, -0.25) is 19.4 Å². The lowest BCUT2D eigenvalue weighted by Crippen LogP contribution is -2.56. The molecule has 200 valence electrons. The Labute approximate surface area is 234 Å².